The molecule has 2 aliphatic rings. The van der Waals surface area contributed by atoms with Crippen molar-refractivity contribution in [1.82, 2.24) is 0 Å². The maximum atomic E-state index is 6.39. The van der Waals surface area contributed by atoms with Gasteiger partial charge in [0, 0.05) is 32.3 Å². The Morgan fingerprint density at radius 1 is 1.03 bits per heavy atom. The third kappa shape index (κ3) is 5.07. The summed E-state index contributed by atoms with van der Waals surface area (Å²) in [5, 5.41) is 1.21. The summed E-state index contributed by atoms with van der Waals surface area (Å²) in [4.78, 5) is 0. The fourth-order valence-electron chi connectivity index (χ4n) is 4.45. The molecule has 3 aromatic carbocycles. The van der Waals surface area contributed by atoms with Crippen molar-refractivity contribution >= 4 is 40.9 Å². The molecule has 35 heavy (non-hydrogen) atoms. The molecule has 0 saturated carbocycles. The summed E-state index contributed by atoms with van der Waals surface area (Å²) in [7, 11) is 0. The summed E-state index contributed by atoms with van der Waals surface area (Å²) in [5.74, 6) is 2.53. The van der Waals surface area contributed by atoms with E-state index in [1.165, 1.54) is 5.56 Å². The van der Waals surface area contributed by atoms with Crippen molar-refractivity contribution in [2.45, 2.75) is 45.8 Å². The number of rotatable bonds is 6. The summed E-state index contributed by atoms with van der Waals surface area (Å²) in [5.41, 5.74) is 5.92. The van der Waals surface area contributed by atoms with Crippen LogP contribution in [0.2, 0.25) is 10.0 Å². The van der Waals surface area contributed by atoms with Crippen LogP contribution in [-0.4, -0.2) is 12.2 Å². The maximum absolute atomic E-state index is 6.39. The number of ether oxygens (including phenoxy) is 3. The molecule has 2 aliphatic heterocycles. The van der Waals surface area contributed by atoms with Crippen LogP contribution < -0.4 is 14.2 Å². The Labute approximate surface area is 216 Å². The number of hydrogen-bond acceptors (Lipinski definition) is 3. The minimum absolute atomic E-state index is 0.323. The normalized spacial score (nSPS) is 15.4. The van der Waals surface area contributed by atoms with E-state index in [0.29, 0.717) is 23.3 Å². The van der Waals surface area contributed by atoms with Gasteiger partial charge in [-0.15, -0.1) is 0 Å². The van der Waals surface area contributed by atoms with E-state index in [0.717, 1.165) is 57.9 Å². The average molecular weight is 507 g/mol. The Morgan fingerprint density at radius 3 is 2.69 bits per heavy atom. The topological polar surface area (TPSA) is 27.7 Å². The third-order valence-electron chi connectivity index (χ3n) is 6.24. The average Bonchev–Trinajstić information content (AvgIpc) is 2.82. The molecular weight excluding hydrogens is 479 g/mol. The molecule has 180 valence electrons. The molecule has 5 rings (SSSR count). The van der Waals surface area contributed by atoms with Gasteiger partial charge in [0.2, 0.25) is 0 Å². The second-order valence-corrected chi connectivity index (χ2v) is 10.3. The molecule has 3 nitrogen and oxygen atoms in total. The van der Waals surface area contributed by atoms with Crippen LogP contribution in [0.5, 0.6) is 17.2 Å². The predicted octanol–water partition coefficient (Wildman–Crippen LogP) is 8.64. The van der Waals surface area contributed by atoms with Gasteiger partial charge in [-0.25, -0.2) is 0 Å². The van der Waals surface area contributed by atoms with E-state index >= 15 is 0 Å². The van der Waals surface area contributed by atoms with Crippen molar-refractivity contribution in [2.24, 2.45) is 0 Å². The van der Waals surface area contributed by atoms with Crippen molar-refractivity contribution in [3.05, 3.63) is 92.5 Å². The van der Waals surface area contributed by atoms with Gasteiger partial charge >= 0.3 is 0 Å². The Balaban J connectivity index is 1.48. The fourth-order valence-corrected chi connectivity index (χ4v) is 4.91. The number of hydrogen-bond donors (Lipinski definition) is 0. The van der Waals surface area contributed by atoms with Gasteiger partial charge in [-0.1, -0.05) is 54.7 Å². The minimum Gasteiger partial charge on any atom is -0.488 e. The quantitative estimate of drug-likeness (QED) is 0.334. The standard InChI is InChI=1S/C30H28Cl2O3/c1-4-5-19-6-10-24(28(14-19)33-17-21-7-9-23(31)16-26(21)32)22-15-20-8-11-27-25(29(20)34-18-22)12-13-30(2,3)35-27/h6-16H,4-5,17-18H2,1-3H3. The van der Waals surface area contributed by atoms with Crippen molar-refractivity contribution in [1.29, 1.82) is 0 Å². The van der Waals surface area contributed by atoms with Crippen LogP contribution in [0.25, 0.3) is 17.7 Å². The van der Waals surface area contributed by atoms with E-state index in [-0.39, 0.29) is 5.60 Å². The van der Waals surface area contributed by atoms with Gasteiger partial charge in [-0.3, -0.25) is 0 Å². The molecule has 0 aromatic heterocycles. The first-order chi connectivity index (χ1) is 16.8. The zero-order valence-corrected chi connectivity index (χ0v) is 21.7. The van der Waals surface area contributed by atoms with Crippen LogP contribution in [0.15, 0.2) is 54.6 Å². The lowest BCUT2D eigenvalue weighted by Gasteiger charge is -2.30. The summed E-state index contributed by atoms with van der Waals surface area (Å²) in [6.07, 6.45) is 8.41. The van der Waals surface area contributed by atoms with E-state index in [4.69, 9.17) is 37.4 Å². The number of aryl methyl sites for hydroxylation is 1. The number of benzene rings is 3. The Bertz CT molecular complexity index is 1340. The smallest absolute Gasteiger partial charge is 0.137 e. The highest BCUT2D eigenvalue weighted by atomic mass is 35.5. The maximum Gasteiger partial charge on any atom is 0.137 e. The summed E-state index contributed by atoms with van der Waals surface area (Å²) < 4.78 is 18.7. The van der Waals surface area contributed by atoms with Crippen LogP contribution in [0, 0.1) is 0 Å². The number of halogens is 2. The first-order valence-corrected chi connectivity index (χ1v) is 12.7. The van der Waals surface area contributed by atoms with Crippen LogP contribution in [0.1, 0.15) is 55.0 Å². The lowest BCUT2D eigenvalue weighted by molar-refractivity contribution is 0.158. The van der Waals surface area contributed by atoms with Crippen LogP contribution in [-0.2, 0) is 13.0 Å². The highest BCUT2D eigenvalue weighted by Gasteiger charge is 2.27. The zero-order chi connectivity index (χ0) is 24.6. The summed E-state index contributed by atoms with van der Waals surface area (Å²) >= 11 is 12.4. The molecular formula is C30H28Cl2O3. The van der Waals surface area contributed by atoms with Crippen molar-refractivity contribution in [3.63, 3.8) is 0 Å². The van der Waals surface area contributed by atoms with Crippen LogP contribution in [0.4, 0.5) is 0 Å². The predicted molar refractivity (Wildman–Crippen MR) is 145 cm³/mol. The molecule has 0 radical (unpaired) electrons. The highest BCUT2D eigenvalue weighted by Crippen LogP contribution is 2.43. The molecule has 0 bridgehead atoms. The molecule has 0 atom stereocenters. The van der Waals surface area contributed by atoms with Crippen molar-refractivity contribution in [3.8, 4) is 17.2 Å². The zero-order valence-electron chi connectivity index (χ0n) is 20.2. The Hall–Kier alpha value is -2.88. The van der Waals surface area contributed by atoms with Gasteiger partial charge in [0.25, 0.3) is 0 Å². The summed E-state index contributed by atoms with van der Waals surface area (Å²) in [6.45, 7) is 7.08. The SMILES string of the molecule is CCCc1ccc(C2=Cc3ccc4c(c3OC2)C=CC(C)(C)O4)c(OCc2ccc(Cl)cc2Cl)c1. The molecule has 5 heteroatoms. The lowest BCUT2D eigenvalue weighted by atomic mass is 9.94. The fraction of sp³-hybridized carbons (Fsp3) is 0.267. The Kier molecular flexibility index (Phi) is 6.57. The summed E-state index contributed by atoms with van der Waals surface area (Å²) in [6, 6.07) is 16.0. The second kappa shape index (κ2) is 9.64. The molecule has 0 amide bonds. The van der Waals surface area contributed by atoms with Crippen LogP contribution in [0.3, 0.4) is 0 Å². The molecule has 0 N–H and O–H groups in total. The second-order valence-electron chi connectivity index (χ2n) is 9.50. The lowest BCUT2D eigenvalue weighted by Crippen LogP contribution is -2.27. The monoisotopic (exact) mass is 506 g/mol. The molecule has 2 heterocycles. The first-order valence-electron chi connectivity index (χ1n) is 11.9. The largest absolute Gasteiger partial charge is 0.488 e. The van der Waals surface area contributed by atoms with Gasteiger partial charge in [-0.2, -0.15) is 0 Å². The van der Waals surface area contributed by atoms with Gasteiger partial charge in [0.15, 0.2) is 0 Å². The van der Waals surface area contributed by atoms with E-state index in [1.807, 2.05) is 32.0 Å². The molecule has 0 fully saturated rings. The van der Waals surface area contributed by atoms with Gasteiger partial charge < -0.3 is 14.2 Å². The highest BCUT2D eigenvalue weighted by molar-refractivity contribution is 6.35. The molecule has 0 spiro atoms. The van der Waals surface area contributed by atoms with Crippen molar-refractivity contribution in [2.75, 3.05) is 6.61 Å². The Morgan fingerprint density at radius 2 is 1.89 bits per heavy atom. The van der Waals surface area contributed by atoms with E-state index in [1.54, 1.807) is 6.07 Å². The van der Waals surface area contributed by atoms with E-state index in [2.05, 4.69) is 49.4 Å². The van der Waals surface area contributed by atoms with Crippen LogP contribution >= 0.6 is 23.2 Å². The number of fused-ring (bicyclic) bond motifs is 3. The molecule has 3 aromatic rings. The minimum atomic E-state index is -0.323. The molecule has 0 aliphatic carbocycles. The van der Waals surface area contributed by atoms with Gasteiger partial charge in [0.1, 0.15) is 36.1 Å². The van der Waals surface area contributed by atoms with Gasteiger partial charge in [0.05, 0.1) is 5.56 Å². The molecule has 0 unspecified atom stereocenters. The van der Waals surface area contributed by atoms with Gasteiger partial charge in [-0.05, 0) is 74.4 Å². The first kappa shape index (κ1) is 23.8. The third-order valence-corrected chi connectivity index (χ3v) is 6.83. The van der Waals surface area contributed by atoms with Crippen molar-refractivity contribution < 1.29 is 14.2 Å². The van der Waals surface area contributed by atoms with E-state index in [9.17, 15) is 0 Å². The van der Waals surface area contributed by atoms with E-state index < -0.39 is 0 Å². The molecule has 0 saturated heterocycles.